The molecule has 0 aliphatic heterocycles. The van der Waals surface area contributed by atoms with Crippen molar-refractivity contribution in [3.05, 3.63) is 33.4 Å². The van der Waals surface area contributed by atoms with Crippen molar-refractivity contribution in [2.24, 2.45) is 11.5 Å². The van der Waals surface area contributed by atoms with E-state index in [1.54, 1.807) is 0 Å². The smallest absolute Gasteiger partial charge is 0.336 e. The van der Waals surface area contributed by atoms with Crippen molar-refractivity contribution in [1.82, 2.24) is 0 Å². The second-order valence-electron chi connectivity index (χ2n) is 7.15. The molecule has 0 radical (unpaired) electrons. The van der Waals surface area contributed by atoms with E-state index in [0.29, 0.717) is 11.1 Å². The van der Waals surface area contributed by atoms with Crippen LogP contribution in [0.1, 0.15) is 52.7 Å². The fourth-order valence-electron chi connectivity index (χ4n) is 1.87. The van der Waals surface area contributed by atoms with E-state index in [1.165, 1.54) is 12.1 Å². The fraction of sp³-hybridized carbons (Fsp3) is 0.533. The molecule has 0 heterocycles. The van der Waals surface area contributed by atoms with E-state index in [1.807, 2.05) is 41.5 Å². The lowest BCUT2D eigenvalue weighted by Gasteiger charge is -2.26. The molecule has 1 aromatic rings. The second kappa shape index (κ2) is 6.64. The molecule has 0 saturated heterocycles. The first kappa shape index (κ1) is 19.7. The van der Waals surface area contributed by atoms with Gasteiger partial charge in [-0.05, 0) is 10.8 Å². The minimum atomic E-state index is -0.413. The zero-order chi connectivity index (χ0) is 17.9. The highest BCUT2D eigenvalue weighted by atomic mass is 16.6. The maximum atomic E-state index is 11.0. The van der Waals surface area contributed by atoms with Gasteiger partial charge in [0.1, 0.15) is 5.75 Å². The summed E-state index contributed by atoms with van der Waals surface area (Å²) in [6.45, 7) is 11.6. The number of nitro benzene ring substituents is 1. The van der Waals surface area contributed by atoms with Gasteiger partial charge in [0.2, 0.25) is 0 Å². The molecule has 7 heteroatoms. The number of hydrogen-bond donors (Lipinski definition) is 4. The van der Waals surface area contributed by atoms with Crippen molar-refractivity contribution < 1.29 is 15.4 Å². The number of hydrogen-bond acceptors (Lipinski definition) is 3. The first-order valence-corrected chi connectivity index (χ1v) is 6.83. The Bertz CT molecular complexity index is 530. The molecule has 0 unspecified atom stereocenters. The number of phenols is 1. The number of rotatable bonds is 1. The number of nitrogens with zero attached hydrogens (tertiary/aromatic N) is 1. The van der Waals surface area contributed by atoms with Gasteiger partial charge in [0, 0.05) is 23.3 Å². The molecule has 0 saturated carbocycles. The molecule has 0 aromatic heterocycles. The van der Waals surface area contributed by atoms with Gasteiger partial charge >= 0.3 is 5.96 Å². The molecule has 124 valence electrons. The van der Waals surface area contributed by atoms with E-state index in [-0.39, 0.29) is 28.2 Å². The Morgan fingerprint density at radius 2 is 1.36 bits per heavy atom. The summed E-state index contributed by atoms with van der Waals surface area (Å²) >= 11 is 0. The lowest BCUT2D eigenvalue weighted by Crippen LogP contribution is -2.51. The summed E-state index contributed by atoms with van der Waals surface area (Å²) in [5, 5.41) is 25.9. The molecule has 0 spiro atoms. The molecular formula is C15H27N4O3+. The Hall–Kier alpha value is -2.31. The van der Waals surface area contributed by atoms with Gasteiger partial charge in [-0.15, -0.1) is 0 Å². The summed E-state index contributed by atoms with van der Waals surface area (Å²) in [5.41, 5.74) is 9.75. The summed E-state index contributed by atoms with van der Waals surface area (Å²) in [6.07, 6.45) is 0. The maximum absolute atomic E-state index is 11.0. The van der Waals surface area contributed by atoms with Crippen molar-refractivity contribution >= 4 is 11.6 Å². The minimum Gasteiger partial charge on any atom is -0.507 e. The lowest BCUT2D eigenvalue weighted by atomic mass is 9.79. The zero-order valence-corrected chi connectivity index (χ0v) is 14.1. The monoisotopic (exact) mass is 311 g/mol. The molecule has 0 bridgehead atoms. The van der Waals surface area contributed by atoms with Gasteiger partial charge in [0.25, 0.3) is 5.69 Å². The molecule has 0 aliphatic rings. The number of benzene rings is 1. The van der Waals surface area contributed by atoms with Gasteiger partial charge in [-0.2, -0.15) is 0 Å². The lowest BCUT2D eigenvalue weighted by molar-refractivity contribution is -0.385. The average Bonchev–Trinajstić information content (AvgIpc) is 2.24. The third-order valence-electron chi connectivity index (χ3n) is 2.92. The van der Waals surface area contributed by atoms with Crippen LogP contribution in [-0.2, 0) is 10.8 Å². The summed E-state index contributed by atoms with van der Waals surface area (Å²) in [7, 11) is 0. The molecule has 22 heavy (non-hydrogen) atoms. The van der Waals surface area contributed by atoms with E-state index < -0.39 is 4.92 Å². The van der Waals surface area contributed by atoms with Crippen LogP contribution in [0.15, 0.2) is 12.1 Å². The Morgan fingerprint density at radius 1 is 1.09 bits per heavy atom. The topological polar surface area (TPSA) is 141 Å². The highest BCUT2D eigenvalue weighted by Gasteiger charge is 2.28. The van der Waals surface area contributed by atoms with Crippen LogP contribution in [0, 0.1) is 10.1 Å². The van der Waals surface area contributed by atoms with Crippen molar-refractivity contribution in [3.63, 3.8) is 0 Å². The van der Waals surface area contributed by atoms with Crippen molar-refractivity contribution in [1.29, 1.82) is 0 Å². The Balaban J connectivity index is 0.000000980. The quantitative estimate of drug-likeness (QED) is 0.264. The summed E-state index contributed by atoms with van der Waals surface area (Å²) < 4.78 is 0. The van der Waals surface area contributed by atoms with E-state index in [9.17, 15) is 15.2 Å². The third kappa shape index (κ3) is 5.59. The first-order valence-electron chi connectivity index (χ1n) is 6.83. The van der Waals surface area contributed by atoms with Crippen molar-refractivity contribution in [3.8, 4) is 5.75 Å². The Labute approximate surface area is 131 Å². The SMILES string of the molecule is CC(C)(C)c1cc([N+](=O)[O-])cc(C(C)(C)C)c1O.NC(N)=[NH2+]. The maximum Gasteiger partial charge on any atom is 0.336 e. The van der Waals surface area contributed by atoms with Crippen molar-refractivity contribution in [2.75, 3.05) is 0 Å². The minimum absolute atomic E-state index is 0.0302. The number of non-ortho nitro benzene ring substituents is 1. The number of guanidine groups is 1. The van der Waals surface area contributed by atoms with Gasteiger partial charge in [0.05, 0.1) is 4.92 Å². The highest BCUT2D eigenvalue weighted by molar-refractivity contribution is 5.68. The summed E-state index contributed by atoms with van der Waals surface area (Å²) in [5.74, 6) is 0.0839. The summed E-state index contributed by atoms with van der Waals surface area (Å²) in [6, 6.07) is 2.93. The molecule has 0 amide bonds. The fourth-order valence-corrected chi connectivity index (χ4v) is 1.87. The Morgan fingerprint density at radius 3 is 1.55 bits per heavy atom. The highest BCUT2D eigenvalue weighted by Crippen LogP contribution is 2.41. The number of nitrogens with two attached hydrogens (primary N) is 3. The number of nitro groups is 1. The van der Waals surface area contributed by atoms with Crippen LogP contribution in [0.25, 0.3) is 0 Å². The predicted octanol–water partition coefficient (Wildman–Crippen LogP) is 0.914. The molecular weight excluding hydrogens is 284 g/mol. The molecule has 7 N–H and O–H groups in total. The Kier molecular flexibility index (Phi) is 5.94. The van der Waals surface area contributed by atoms with Gasteiger partial charge in [-0.25, -0.2) is 0 Å². The predicted molar refractivity (Wildman–Crippen MR) is 87.5 cm³/mol. The average molecular weight is 311 g/mol. The van der Waals surface area contributed by atoms with E-state index in [4.69, 9.17) is 0 Å². The van der Waals surface area contributed by atoms with Crippen LogP contribution < -0.4 is 16.9 Å². The van der Waals surface area contributed by atoms with Crippen LogP contribution >= 0.6 is 0 Å². The van der Waals surface area contributed by atoms with Crippen LogP contribution in [0.4, 0.5) is 5.69 Å². The zero-order valence-electron chi connectivity index (χ0n) is 14.1. The van der Waals surface area contributed by atoms with Crippen LogP contribution in [0.3, 0.4) is 0 Å². The summed E-state index contributed by atoms with van der Waals surface area (Å²) in [4.78, 5) is 10.6. The van der Waals surface area contributed by atoms with Crippen LogP contribution in [-0.4, -0.2) is 16.0 Å². The molecule has 0 aliphatic carbocycles. The first-order chi connectivity index (χ1) is 9.67. The largest absolute Gasteiger partial charge is 0.507 e. The molecule has 7 nitrogen and oxygen atoms in total. The number of aromatic hydroxyl groups is 1. The van der Waals surface area contributed by atoms with E-state index in [2.05, 4.69) is 16.9 Å². The van der Waals surface area contributed by atoms with Gasteiger partial charge < -0.3 is 5.11 Å². The molecule has 1 rings (SSSR count). The van der Waals surface area contributed by atoms with Crippen LogP contribution in [0.2, 0.25) is 0 Å². The molecule has 0 fully saturated rings. The van der Waals surface area contributed by atoms with E-state index >= 15 is 0 Å². The van der Waals surface area contributed by atoms with Gasteiger partial charge in [0.15, 0.2) is 0 Å². The van der Waals surface area contributed by atoms with E-state index in [0.717, 1.165) is 0 Å². The van der Waals surface area contributed by atoms with Gasteiger partial charge in [-0.1, -0.05) is 41.5 Å². The van der Waals surface area contributed by atoms with Gasteiger partial charge in [-0.3, -0.25) is 27.0 Å². The third-order valence-corrected chi connectivity index (χ3v) is 2.92. The normalized spacial score (nSPS) is 11.4. The van der Waals surface area contributed by atoms with Crippen LogP contribution in [0.5, 0.6) is 5.75 Å². The molecule has 1 aromatic carbocycles. The number of phenolic OH excluding ortho intramolecular Hbond substituents is 1. The standard InChI is InChI=1S/C14H21NO3.CH5N3/c1-13(2,3)10-7-9(15(17)18)8-11(12(10)16)14(4,5)6;2-1(3)4/h7-8,16H,1-6H3;(H5,2,3,4)/p+1. The van der Waals surface area contributed by atoms with Crippen molar-refractivity contribution in [2.45, 2.75) is 52.4 Å². The second-order valence-corrected chi connectivity index (χ2v) is 7.15. The molecule has 0 atom stereocenters.